The van der Waals surface area contributed by atoms with Crippen LogP contribution in [-0.2, 0) is 10.5 Å². The standard InChI is InChI=1S/C15H22N2OS.ClH/c1-12-4-2-5-13(8-12)10-19-11-15(18)17-9-14-6-3-7-16-14;/h2,4-5,8,14,16H,3,6-7,9-11H2,1H3,(H,17,18);1H. The number of hydrogen-bond acceptors (Lipinski definition) is 3. The topological polar surface area (TPSA) is 41.1 Å². The summed E-state index contributed by atoms with van der Waals surface area (Å²) >= 11 is 1.67. The molecule has 0 aliphatic carbocycles. The minimum absolute atomic E-state index is 0. The summed E-state index contributed by atoms with van der Waals surface area (Å²) in [5.74, 6) is 1.59. The van der Waals surface area contributed by atoms with Gasteiger partial charge in [-0.05, 0) is 31.9 Å². The Morgan fingerprint density at radius 3 is 3.05 bits per heavy atom. The molecule has 0 bridgehead atoms. The zero-order valence-electron chi connectivity index (χ0n) is 11.9. The van der Waals surface area contributed by atoms with E-state index in [0.29, 0.717) is 11.8 Å². The molecule has 1 unspecified atom stereocenters. The zero-order valence-corrected chi connectivity index (χ0v) is 13.5. The highest BCUT2D eigenvalue weighted by Gasteiger charge is 2.14. The molecule has 2 N–H and O–H groups in total. The number of carbonyl (C=O) groups excluding carboxylic acids is 1. The second kappa shape index (κ2) is 9.27. The zero-order chi connectivity index (χ0) is 13.5. The van der Waals surface area contributed by atoms with Gasteiger partial charge in [0.2, 0.25) is 5.91 Å². The highest BCUT2D eigenvalue weighted by molar-refractivity contribution is 7.99. The molecule has 1 aliphatic rings. The quantitative estimate of drug-likeness (QED) is 0.848. The second-order valence-corrected chi connectivity index (χ2v) is 6.06. The van der Waals surface area contributed by atoms with Gasteiger partial charge in [-0.1, -0.05) is 29.8 Å². The van der Waals surface area contributed by atoms with Gasteiger partial charge in [-0.25, -0.2) is 0 Å². The molecule has 20 heavy (non-hydrogen) atoms. The van der Waals surface area contributed by atoms with Gasteiger partial charge in [0.1, 0.15) is 0 Å². The summed E-state index contributed by atoms with van der Waals surface area (Å²) < 4.78 is 0. The Hall–Kier alpha value is -0.710. The van der Waals surface area contributed by atoms with Crippen molar-refractivity contribution in [1.82, 2.24) is 10.6 Å². The van der Waals surface area contributed by atoms with Crippen molar-refractivity contribution in [3.05, 3.63) is 35.4 Å². The van der Waals surface area contributed by atoms with Crippen LogP contribution in [0.4, 0.5) is 0 Å². The van der Waals surface area contributed by atoms with E-state index >= 15 is 0 Å². The molecule has 1 aromatic carbocycles. The van der Waals surface area contributed by atoms with E-state index < -0.39 is 0 Å². The third-order valence-corrected chi connectivity index (χ3v) is 4.30. The maximum absolute atomic E-state index is 11.7. The number of carbonyl (C=O) groups is 1. The first-order valence-corrected chi connectivity index (χ1v) is 8.03. The van der Waals surface area contributed by atoms with Gasteiger partial charge in [0, 0.05) is 18.3 Å². The minimum atomic E-state index is 0. The number of hydrogen-bond donors (Lipinski definition) is 2. The van der Waals surface area contributed by atoms with Crippen LogP contribution in [0, 0.1) is 6.92 Å². The normalized spacial score (nSPS) is 17.6. The molecule has 1 saturated heterocycles. The van der Waals surface area contributed by atoms with Gasteiger partial charge < -0.3 is 10.6 Å². The monoisotopic (exact) mass is 314 g/mol. The third kappa shape index (κ3) is 6.16. The number of rotatable bonds is 6. The van der Waals surface area contributed by atoms with Crippen LogP contribution in [0.15, 0.2) is 24.3 Å². The molecule has 0 aromatic heterocycles. The van der Waals surface area contributed by atoms with Crippen LogP contribution in [0.5, 0.6) is 0 Å². The largest absolute Gasteiger partial charge is 0.354 e. The number of nitrogens with one attached hydrogen (secondary N) is 2. The van der Waals surface area contributed by atoms with Gasteiger partial charge in [0.25, 0.3) is 0 Å². The molecule has 1 amide bonds. The summed E-state index contributed by atoms with van der Waals surface area (Å²) in [6.07, 6.45) is 2.40. The van der Waals surface area contributed by atoms with Crippen molar-refractivity contribution in [1.29, 1.82) is 0 Å². The summed E-state index contributed by atoms with van der Waals surface area (Å²) in [6, 6.07) is 8.92. The molecule has 0 radical (unpaired) electrons. The van der Waals surface area contributed by atoms with Gasteiger partial charge in [0.05, 0.1) is 5.75 Å². The fourth-order valence-electron chi connectivity index (χ4n) is 2.28. The predicted molar refractivity (Wildman–Crippen MR) is 88.6 cm³/mol. The first-order chi connectivity index (χ1) is 9.24. The lowest BCUT2D eigenvalue weighted by Crippen LogP contribution is -2.37. The van der Waals surface area contributed by atoms with Crippen LogP contribution in [-0.4, -0.2) is 30.8 Å². The van der Waals surface area contributed by atoms with Gasteiger partial charge >= 0.3 is 0 Å². The van der Waals surface area contributed by atoms with Crippen molar-refractivity contribution < 1.29 is 4.79 Å². The predicted octanol–water partition coefficient (Wildman–Crippen LogP) is 2.52. The van der Waals surface area contributed by atoms with Crippen LogP contribution in [0.25, 0.3) is 0 Å². The molecule has 2 rings (SSSR count). The Bertz CT molecular complexity index is 422. The fourth-order valence-corrected chi connectivity index (χ4v) is 3.09. The van der Waals surface area contributed by atoms with Crippen molar-refractivity contribution in [3.63, 3.8) is 0 Å². The summed E-state index contributed by atoms with van der Waals surface area (Å²) in [7, 11) is 0. The number of halogens is 1. The Labute approximate surface area is 131 Å². The number of thioether (sulfide) groups is 1. The number of benzene rings is 1. The van der Waals surface area contributed by atoms with E-state index in [0.717, 1.165) is 18.8 Å². The molecule has 1 aliphatic heterocycles. The number of amides is 1. The summed E-state index contributed by atoms with van der Waals surface area (Å²) in [5, 5.41) is 6.38. The average Bonchev–Trinajstić information content (AvgIpc) is 2.89. The summed E-state index contributed by atoms with van der Waals surface area (Å²) in [4.78, 5) is 11.7. The van der Waals surface area contributed by atoms with Gasteiger partial charge in [-0.2, -0.15) is 0 Å². The van der Waals surface area contributed by atoms with Crippen molar-refractivity contribution in [3.8, 4) is 0 Å². The van der Waals surface area contributed by atoms with E-state index in [1.54, 1.807) is 11.8 Å². The third-order valence-electron chi connectivity index (χ3n) is 3.29. The second-order valence-electron chi connectivity index (χ2n) is 5.08. The van der Waals surface area contributed by atoms with Crippen molar-refractivity contribution in [2.75, 3.05) is 18.8 Å². The lowest BCUT2D eigenvalue weighted by molar-refractivity contribution is -0.118. The Morgan fingerprint density at radius 2 is 2.35 bits per heavy atom. The summed E-state index contributed by atoms with van der Waals surface area (Å²) in [5.41, 5.74) is 2.56. The first kappa shape index (κ1) is 17.3. The lowest BCUT2D eigenvalue weighted by atomic mass is 10.2. The van der Waals surface area contributed by atoms with Crippen LogP contribution < -0.4 is 10.6 Å². The van der Waals surface area contributed by atoms with E-state index in [-0.39, 0.29) is 18.3 Å². The molecular formula is C15H23ClN2OS. The average molecular weight is 315 g/mol. The van der Waals surface area contributed by atoms with Gasteiger partial charge in [-0.15, -0.1) is 24.2 Å². The van der Waals surface area contributed by atoms with Crippen molar-refractivity contribution >= 4 is 30.1 Å². The van der Waals surface area contributed by atoms with E-state index in [4.69, 9.17) is 0 Å². The SMILES string of the molecule is Cc1cccc(CSCC(=O)NCC2CCCN2)c1.Cl. The van der Waals surface area contributed by atoms with E-state index in [2.05, 4.69) is 41.8 Å². The molecular weight excluding hydrogens is 292 g/mol. The molecule has 3 nitrogen and oxygen atoms in total. The smallest absolute Gasteiger partial charge is 0.230 e. The molecule has 0 spiro atoms. The van der Waals surface area contributed by atoms with Crippen LogP contribution >= 0.6 is 24.2 Å². The molecule has 5 heteroatoms. The van der Waals surface area contributed by atoms with E-state index in [1.807, 2.05) is 0 Å². The Morgan fingerprint density at radius 1 is 1.50 bits per heavy atom. The van der Waals surface area contributed by atoms with E-state index in [9.17, 15) is 4.79 Å². The maximum Gasteiger partial charge on any atom is 0.230 e. The van der Waals surface area contributed by atoms with Crippen LogP contribution in [0.3, 0.4) is 0 Å². The minimum Gasteiger partial charge on any atom is -0.354 e. The first-order valence-electron chi connectivity index (χ1n) is 6.87. The van der Waals surface area contributed by atoms with Crippen molar-refractivity contribution in [2.24, 2.45) is 0 Å². The highest BCUT2D eigenvalue weighted by Crippen LogP contribution is 2.13. The highest BCUT2D eigenvalue weighted by atomic mass is 35.5. The molecule has 0 saturated carbocycles. The van der Waals surface area contributed by atoms with Crippen LogP contribution in [0.1, 0.15) is 24.0 Å². The summed E-state index contributed by atoms with van der Waals surface area (Å²) in [6.45, 7) is 3.95. The molecule has 1 fully saturated rings. The molecule has 1 heterocycles. The Kier molecular flexibility index (Phi) is 8.04. The van der Waals surface area contributed by atoms with Gasteiger partial charge in [-0.3, -0.25) is 4.79 Å². The molecule has 1 aromatic rings. The van der Waals surface area contributed by atoms with Gasteiger partial charge in [0.15, 0.2) is 0 Å². The van der Waals surface area contributed by atoms with E-state index in [1.165, 1.54) is 24.0 Å². The van der Waals surface area contributed by atoms with Crippen molar-refractivity contribution in [2.45, 2.75) is 31.6 Å². The fraction of sp³-hybridized carbons (Fsp3) is 0.533. The van der Waals surface area contributed by atoms with Crippen LogP contribution in [0.2, 0.25) is 0 Å². The maximum atomic E-state index is 11.7. The Balaban J connectivity index is 0.00000200. The molecule has 1 atom stereocenters. The molecule has 112 valence electrons. The lowest BCUT2D eigenvalue weighted by Gasteiger charge is -2.11. The number of aryl methyl sites for hydroxylation is 1.